The van der Waals surface area contributed by atoms with Gasteiger partial charge in [-0.3, -0.25) is 9.59 Å². The normalized spacial score (nSPS) is 10.3. The lowest BCUT2D eigenvalue weighted by Gasteiger charge is -2.15. The highest BCUT2D eigenvalue weighted by Crippen LogP contribution is 2.27. The van der Waals surface area contributed by atoms with E-state index in [2.05, 4.69) is 0 Å². The van der Waals surface area contributed by atoms with E-state index in [0.29, 0.717) is 12.0 Å². The van der Waals surface area contributed by atoms with Crippen molar-refractivity contribution < 1.29 is 24.2 Å². The van der Waals surface area contributed by atoms with Crippen LogP contribution in [-0.4, -0.2) is 33.9 Å². The minimum Gasteiger partial charge on any atom is -0.482 e. The van der Waals surface area contributed by atoms with Gasteiger partial charge in [0, 0.05) is 30.9 Å². The number of rotatable bonds is 8. The topological polar surface area (TPSA) is 112 Å². The molecule has 3 rings (SSSR count). The number of Topliss-reactive ketones (excluding diaryl/α,β-unsaturated/α-hetero) is 1. The van der Waals surface area contributed by atoms with E-state index < -0.39 is 24.3 Å². The molecule has 0 aliphatic heterocycles. The number of carbonyl (C=O) groups excluding carboxylic acids is 2. The molecule has 0 fully saturated rings. The highest BCUT2D eigenvalue weighted by Gasteiger charge is 2.18. The molecule has 7 heteroatoms. The number of hydrogen-bond acceptors (Lipinski definition) is 4. The van der Waals surface area contributed by atoms with Crippen LogP contribution in [0.25, 0.3) is 11.1 Å². The van der Waals surface area contributed by atoms with Gasteiger partial charge in [-0.05, 0) is 47.4 Å². The summed E-state index contributed by atoms with van der Waals surface area (Å²) in [5.41, 5.74) is 9.82. The minimum atomic E-state index is -1.16. The van der Waals surface area contributed by atoms with E-state index in [-0.39, 0.29) is 11.3 Å². The van der Waals surface area contributed by atoms with Gasteiger partial charge in [0.1, 0.15) is 5.75 Å². The Bertz CT molecular complexity index is 1280. The van der Waals surface area contributed by atoms with Gasteiger partial charge in [-0.25, -0.2) is 4.79 Å². The van der Waals surface area contributed by atoms with Gasteiger partial charge in [-0.2, -0.15) is 0 Å². The molecule has 0 spiro atoms. The van der Waals surface area contributed by atoms with Crippen molar-refractivity contribution in [2.24, 2.45) is 12.8 Å². The molecule has 0 saturated carbocycles. The lowest BCUT2D eigenvalue weighted by Crippen LogP contribution is -2.24. The van der Waals surface area contributed by atoms with Crippen LogP contribution in [0, 0.1) is 6.92 Å². The molecule has 0 bridgehead atoms. The summed E-state index contributed by atoms with van der Waals surface area (Å²) in [4.78, 5) is 35.5. The molecular formula is C27H26N2O5. The molecule has 1 heterocycles. The number of aliphatic carboxylic acids is 1. The molecule has 174 valence electrons. The summed E-state index contributed by atoms with van der Waals surface area (Å²) < 4.78 is 7.16. The zero-order chi connectivity index (χ0) is 24.7. The SMILES string of the molecule is Cc1c(C(=O)C(N)=O)cc(OCC(=O)O)cccn(C)c1Cc1ccccc1-c1ccccc1. The number of aromatic nitrogens is 1. The van der Waals surface area contributed by atoms with Crippen molar-refractivity contribution in [3.63, 3.8) is 0 Å². The Morgan fingerprint density at radius 2 is 1.65 bits per heavy atom. The first kappa shape index (κ1) is 24.3. The second-order valence-corrected chi connectivity index (χ2v) is 7.73. The highest BCUT2D eigenvalue weighted by atomic mass is 16.5. The van der Waals surface area contributed by atoms with Crippen molar-refractivity contribution in [1.29, 1.82) is 0 Å². The maximum atomic E-state index is 12.7. The van der Waals surface area contributed by atoms with Gasteiger partial charge in [-0.15, -0.1) is 0 Å². The van der Waals surface area contributed by atoms with E-state index in [4.69, 9.17) is 15.6 Å². The largest absolute Gasteiger partial charge is 0.482 e. The minimum absolute atomic E-state index is 0.0480. The van der Waals surface area contributed by atoms with Gasteiger partial charge in [0.2, 0.25) is 5.78 Å². The molecule has 1 amide bonds. The number of ether oxygens (including phenoxy) is 1. The highest BCUT2D eigenvalue weighted by molar-refractivity contribution is 6.42. The van der Waals surface area contributed by atoms with Crippen LogP contribution in [0.1, 0.15) is 27.2 Å². The van der Waals surface area contributed by atoms with Crippen molar-refractivity contribution >= 4 is 17.7 Å². The molecule has 1 aromatic heterocycles. The third-order valence-corrected chi connectivity index (χ3v) is 5.41. The molecule has 34 heavy (non-hydrogen) atoms. The van der Waals surface area contributed by atoms with Crippen LogP contribution < -0.4 is 10.5 Å². The van der Waals surface area contributed by atoms with Crippen LogP contribution in [0.3, 0.4) is 0 Å². The molecule has 7 nitrogen and oxygen atoms in total. The molecular weight excluding hydrogens is 432 g/mol. The Labute approximate surface area is 197 Å². The lowest BCUT2D eigenvalue weighted by molar-refractivity contribution is -0.139. The van der Waals surface area contributed by atoms with E-state index >= 15 is 0 Å². The van der Waals surface area contributed by atoms with Gasteiger partial charge in [-0.1, -0.05) is 54.6 Å². The number of aryl methyl sites for hydroxylation is 1. The number of carboxylic acids is 1. The molecule has 0 saturated heterocycles. The summed E-state index contributed by atoms with van der Waals surface area (Å²) in [6.07, 6.45) is 2.24. The molecule has 2 aromatic carbocycles. The molecule has 0 aliphatic rings. The van der Waals surface area contributed by atoms with Gasteiger partial charge >= 0.3 is 5.97 Å². The first-order chi connectivity index (χ1) is 16.3. The number of carboxylic acid groups (broad SMARTS) is 1. The first-order valence-electron chi connectivity index (χ1n) is 10.6. The third kappa shape index (κ3) is 5.89. The predicted molar refractivity (Wildman–Crippen MR) is 129 cm³/mol. The van der Waals surface area contributed by atoms with Gasteiger partial charge < -0.3 is 20.1 Å². The van der Waals surface area contributed by atoms with Crippen LogP contribution in [0.5, 0.6) is 5.75 Å². The number of primary amides is 1. The van der Waals surface area contributed by atoms with Crippen molar-refractivity contribution in [2.75, 3.05) is 6.61 Å². The van der Waals surface area contributed by atoms with E-state index in [1.54, 1.807) is 19.2 Å². The molecule has 0 atom stereocenters. The fourth-order valence-electron chi connectivity index (χ4n) is 3.69. The maximum absolute atomic E-state index is 12.7. The summed E-state index contributed by atoms with van der Waals surface area (Å²) in [5.74, 6) is -3.03. The second-order valence-electron chi connectivity index (χ2n) is 7.73. The smallest absolute Gasteiger partial charge is 0.341 e. The summed E-state index contributed by atoms with van der Waals surface area (Å²) >= 11 is 0. The van der Waals surface area contributed by atoms with Crippen LogP contribution in [0.15, 0.2) is 79.0 Å². The predicted octanol–water partition coefficient (Wildman–Crippen LogP) is 3.85. The lowest BCUT2D eigenvalue weighted by atomic mass is 9.94. The Kier molecular flexibility index (Phi) is 7.82. The van der Waals surface area contributed by atoms with Gasteiger partial charge in [0.15, 0.2) is 6.61 Å². The van der Waals surface area contributed by atoms with Crippen LogP contribution in [0.2, 0.25) is 0 Å². The number of ketones is 1. The average molecular weight is 459 g/mol. The summed E-state index contributed by atoms with van der Waals surface area (Å²) in [6, 6.07) is 22.5. The number of amides is 1. The summed E-state index contributed by atoms with van der Waals surface area (Å²) in [5, 5.41) is 8.96. The second kappa shape index (κ2) is 11.0. The van der Waals surface area contributed by atoms with Crippen LogP contribution >= 0.6 is 0 Å². The number of benzene rings is 2. The zero-order valence-corrected chi connectivity index (χ0v) is 19.0. The molecule has 3 aromatic rings. The van der Waals surface area contributed by atoms with E-state index in [0.717, 1.165) is 22.4 Å². The number of nitrogens with two attached hydrogens (primary N) is 1. The Morgan fingerprint density at radius 1 is 0.971 bits per heavy atom. The molecule has 0 unspecified atom stereocenters. The summed E-state index contributed by atoms with van der Waals surface area (Å²) in [6.45, 7) is 1.14. The Balaban J connectivity index is 2.22. The number of hydrogen-bond donors (Lipinski definition) is 2. The molecule has 0 aliphatic carbocycles. The fourth-order valence-corrected chi connectivity index (χ4v) is 3.69. The van der Waals surface area contributed by atoms with Gasteiger partial charge in [0.05, 0.1) is 0 Å². The van der Waals surface area contributed by atoms with E-state index in [1.807, 2.05) is 66.2 Å². The Morgan fingerprint density at radius 3 is 2.32 bits per heavy atom. The quantitative estimate of drug-likeness (QED) is 0.393. The van der Waals surface area contributed by atoms with Crippen molar-refractivity contribution in [3.05, 3.63) is 101 Å². The third-order valence-electron chi connectivity index (χ3n) is 5.41. The molecule has 3 N–H and O–H groups in total. The monoisotopic (exact) mass is 458 g/mol. The average Bonchev–Trinajstić information content (AvgIpc) is 2.88. The fraction of sp³-hybridized carbons (Fsp3) is 0.148. The maximum Gasteiger partial charge on any atom is 0.341 e. The first-order valence-corrected chi connectivity index (χ1v) is 10.6. The number of nitrogens with zero attached hydrogens (tertiary/aromatic N) is 1. The molecule has 0 radical (unpaired) electrons. The number of carbonyl (C=O) groups is 3. The zero-order valence-electron chi connectivity index (χ0n) is 19.0. The summed E-state index contributed by atoms with van der Waals surface area (Å²) in [7, 11) is 1.84. The van der Waals surface area contributed by atoms with Crippen molar-refractivity contribution in [3.8, 4) is 16.9 Å². The van der Waals surface area contributed by atoms with Crippen LogP contribution in [-0.2, 0) is 23.1 Å². The van der Waals surface area contributed by atoms with E-state index in [1.165, 1.54) is 12.1 Å². The standard InChI is InChI=1S/C27H26N2O5/c1-18-23(26(32)27(28)33)16-21(34-17-25(30)31)12-8-14-29(2)24(18)15-20-11-6-7-13-22(20)19-9-4-3-5-10-19/h3-14,16H,15,17H2,1-2H3,(H2,28,33)(H,30,31). The van der Waals surface area contributed by atoms with E-state index in [9.17, 15) is 14.4 Å². The van der Waals surface area contributed by atoms with Crippen molar-refractivity contribution in [1.82, 2.24) is 4.57 Å². The van der Waals surface area contributed by atoms with Gasteiger partial charge in [0.25, 0.3) is 5.91 Å². The Hall–Kier alpha value is -4.39. The van der Waals surface area contributed by atoms with Crippen LogP contribution in [0.4, 0.5) is 0 Å². The van der Waals surface area contributed by atoms with Crippen molar-refractivity contribution in [2.45, 2.75) is 13.3 Å².